The van der Waals surface area contributed by atoms with Gasteiger partial charge >= 0.3 is 0 Å². The van der Waals surface area contributed by atoms with Crippen LogP contribution in [0.2, 0.25) is 0 Å². The molecule has 0 radical (unpaired) electrons. The van der Waals surface area contributed by atoms with E-state index in [0.717, 1.165) is 11.1 Å². The van der Waals surface area contributed by atoms with E-state index in [1.165, 1.54) is 5.56 Å². The van der Waals surface area contributed by atoms with Crippen molar-refractivity contribution in [2.75, 3.05) is 6.61 Å². The smallest absolute Gasteiger partial charge is 0.216 e. The summed E-state index contributed by atoms with van der Waals surface area (Å²) in [5.74, 6) is 1.29. The van der Waals surface area contributed by atoms with Crippen LogP contribution in [-0.2, 0) is 0 Å². The van der Waals surface area contributed by atoms with Crippen LogP contribution in [-0.4, -0.2) is 27.7 Å². The minimum atomic E-state index is 0.0253. The predicted octanol–water partition coefficient (Wildman–Crippen LogP) is 3.70. The topological polar surface area (TPSA) is 79.0 Å². The summed E-state index contributed by atoms with van der Waals surface area (Å²) in [6.45, 7) is 2.06. The molecule has 0 bridgehead atoms. The number of nitrogens with one attached hydrogen (secondary N) is 1. The number of benzene rings is 2. The Labute approximate surface area is 150 Å². The van der Waals surface area contributed by atoms with Crippen molar-refractivity contribution in [3.8, 4) is 23.2 Å². The van der Waals surface area contributed by atoms with Crippen LogP contribution in [0, 0.1) is 23.0 Å². The molecule has 0 unspecified atom stereocenters. The van der Waals surface area contributed by atoms with Gasteiger partial charge in [-0.3, -0.25) is 0 Å². The van der Waals surface area contributed by atoms with E-state index in [2.05, 4.69) is 15.3 Å². The zero-order valence-electron chi connectivity index (χ0n) is 13.5. The van der Waals surface area contributed by atoms with Gasteiger partial charge in [0.1, 0.15) is 11.8 Å². The normalized spacial score (nSPS) is 10.7. The van der Waals surface area contributed by atoms with Crippen LogP contribution in [0.15, 0.2) is 53.6 Å². The SMILES string of the molecule is Cc1ccc(-c2n[nH]c(=S)n2/N=C\c2ccc(OCC#N)cc2)cc1. The fraction of sp³-hybridized carbons (Fsp3) is 0.111. The summed E-state index contributed by atoms with van der Waals surface area (Å²) in [6.07, 6.45) is 1.69. The Kier molecular flexibility index (Phi) is 5.02. The van der Waals surface area contributed by atoms with E-state index < -0.39 is 0 Å². The van der Waals surface area contributed by atoms with Gasteiger partial charge in [0.2, 0.25) is 4.77 Å². The molecule has 7 heteroatoms. The molecule has 0 amide bonds. The molecule has 3 aromatic rings. The van der Waals surface area contributed by atoms with Gasteiger partial charge in [-0.15, -0.1) is 0 Å². The Hall–Kier alpha value is -3.24. The summed E-state index contributed by atoms with van der Waals surface area (Å²) in [6, 6.07) is 17.2. The summed E-state index contributed by atoms with van der Waals surface area (Å²) in [5.41, 5.74) is 2.98. The van der Waals surface area contributed by atoms with E-state index in [1.54, 1.807) is 23.0 Å². The van der Waals surface area contributed by atoms with Gasteiger partial charge in [0.15, 0.2) is 12.4 Å². The Bertz CT molecular complexity index is 978. The summed E-state index contributed by atoms with van der Waals surface area (Å²) in [7, 11) is 0. The minimum absolute atomic E-state index is 0.0253. The highest BCUT2D eigenvalue weighted by molar-refractivity contribution is 7.71. The second-order valence-electron chi connectivity index (χ2n) is 5.29. The molecule has 0 saturated heterocycles. The zero-order valence-corrected chi connectivity index (χ0v) is 14.3. The number of ether oxygens (including phenoxy) is 1. The lowest BCUT2D eigenvalue weighted by Crippen LogP contribution is -1.96. The maximum absolute atomic E-state index is 8.52. The Morgan fingerprint density at radius 3 is 2.64 bits per heavy atom. The first-order chi connectivity index (χ1) is 12.2. The third kappa shape index (κ3) is 4.00. The number of nitriles is 1. The number of aryl methyl sites for hydroxylation is 1. The number of H-pyrrole nitrogens is 1. The summed E-state index contributed by atoms with van der Waals surface area (Å²) < 4.78 is 7.22. The van der Waals surface area contributed by atoms with Crippen molar-refractivity contribution in [1.82, 2.24) is 14.9 Å². The molecule has 1 heterocycles. The van der Waals surface area contributed by atoms with Crippen molar-refractivity contribution in [3.63, 3.8) is 0 Å². The second kappa shape index (κ2) is 7.55. The number of aromatic amines is 1. The number of hydrogen-bond acceptors (Lipinski definition) is 5. The maximum atomic E-state index is 8.52. The summed E-state index contributed by atoms with van der Waals surface area (Å²) >= 11 is 5.26. The van der Waals surface area contributed by atoms with E-state index in [9.17, 15) is 0 Å². The van der Waals surface area contributed by atoms with Gasteiger partial charge in [-0.25, -0.2) is 5.10 Å². The molecule has 3 rings (SSSR count). The van der Waals surface area contributed by atoms with Crippen LogP contribution in [0.5, 0.6) is 5.75 Å². The highest BCUT2D eigenvalue weighted by atomic mass is 32.1. The van der Waals surface area contributed by atoms with E-state index in [0.29, 0.717) is 16.3 Å². The molecule has 0 atom stereocenters. The maximum Gasteiger partial charge on any atom is 0.216 e. The molecule has 0 aliphatic heterocycles. The minimum Gasteiger partial charge on any atom is -0.479 e. The van der Waals surface area contributed by atoms with Crippen LogP contribution >= 0.6 is 12.2 Å². The van der Waals surface area contributed by atoms with E-state index >= 15 is 0 Å². The van der Waals surface area contributed by atoms with Gasteiger partial charge in [-0.1, -0.05) is 29.8 Å². The van der Waals surface area contributed by atoms with Crippen LogP contribution in [0.3, 0.4) is 0 Å². The van der Waals surface area contributed by atoms with Crippen LogP contribution in [0.1, 0.15) is 11.1 Å². The third-order valence-electron chi connectivity index (χ3n) is 3.47. The number of aromatic nitrogens is 3. The molecule has 2 aromatic carbocycles. The lowest BCUT2D eigenvalue weighted by atomic mass is 10.1. The second-order valence-corrected chi connectivity index (χ2v) is 5.68. The van der Waals surface area contributed by atoms with Gasteiger partial charge < -0.3 is 4.74 Å². The largest absolute Gasteiger partial charge is 0.479 e. The van der Waals surface area contributed by atoms with Gasteiger partial charge in [-0.05, 0) is 49.0 Å². The molecule has 1 N–H and O–H groups in total. The molecule has 25 heavy (non-hydrogen) atoms. The fourth-order valence-corrected chi connectivity index (χ4v) is 2.36. The molecular formula is C18H15N5OS. The molecule has 0 saturated carbocycles. The molecule has 124 valence electrons. The molecule has 0 spiro atoms. The summed E-state index contributed by atoms with van der Waals surface area (Å²) in [4.78, 5) is 0. The molecule has 0 aliphatic rings. The Morgan fingerprint density at radius 1 is 1.24 bits per heavy atom. The van der Waals surface area contributed by atoms with Crippen molar-refractivity contribution >= 4 is 18.4 Å². The van der Waals surface area contributed by atoms with Crippen molar-refractivity contribution in [3.05, 3.63) is 64.4 Å². The first-order valence-corrected chi connectivity index (χ1v) is 7.97. The fourth-order valence-electron chi connectivity index (χ4n) is 2.18. The van der Waals surface area contributed by atoms with E-state index in [-0.39, 0.29) is 6.61 Å². The van der Waals surface area contributed by atoms with Crippen molar-refractivity contribution in [2.24, 2.45) is 5.10 Å². The summed E-state index contributed by atoms with van der Waals surface area (Å²) in [5, 5.41) is 20.0. The van der Waals surface area contributed by atoms with Gasteiger partial charge in [0.05, 0.1) is 6.21 Å². The zero-order chi connectivity index (χ0) is 17.6. The molecule has 0 fully saturated rings. The first-order valence-electron chi connectivity index (χ1n) is 7.56. The van der Waals surface area contributed by atoms with Gasteiger partial charge in [0, 0.05) is 5.56 Å². The van der Waals surface area contributed by atoms with E-state index in [4.69, 9.17) is 22.2 Å². The van der Waals surface area contributed by atoms with Gasteiger partial charge in [-0.2, -0.15) is 20.1 Å². The average molecular weight is 349 g/mol. The lowest BCUT2D eigenvalue weighted by molar-refractivity contribution is 0.368. The van der Waals surface area contributed by atoms with Gasteiger partial charge in [0.25, 0.3) is 0 Å². The first kappa shape index (κ1) is 16.6. The Balaban J connectivity index is 1.84. The monoisotopic (exact) mass is 349 g/mol. The number of rotatable bonds is 5. The highest BCUT2D eigenvalue weighted by Crippen LogP contribution is 2.18. The highest BCUT2D eigenvalue weighted by Gasteiger charge is 2.07. The van der Waals surface area contributed by atoms with Crippen molar-refractivity contribution < 1.29 is 4.74 Å². The van der Waals surface area contributed by atoms with Crippen LogP contribution in [0.25, 0.3) is 11.4 Å². The molecule has 0 aliphatic carbocycles. The molecule has 6 nitrogen and oxygen atoms in total. The average Bonchev–Trinajstić information content (AvgIpc) is 3.00. The van der Waals surface area contributed by atoms with Crippen LogP contribution < -0.4 is 4.74 Å². The number of hydrogen-bond donors (Lipinski definition) is 1. The van der Waals surface area contributed by atoms with Crippen LogP contribution in [0.4, 0.5) is 0 Å². The predicted molar refractivity (Wildman–Crippen MR) is 98.1 cm³/mol. The molecular weight excluding hydrogens is 334 g/mol. The lowest BCUT2D eigenvalue weighted by Gasteiger charge is -2.02. The van der Waals surface area contributed by atoms with Crippen molar-refractivity contribution in [1.29, 1.82) is 5.26 Å². The quantitative estimate of drug-likeness (QED) is 0.563. The third-order valence-corrected chi connectivity index (χ3v) is 3.73. The van der Waals surface area contributed by atoms with Crippen molar-refractivity contribution in [2.45, 2.75) is 6.92 Å². The van der Waals surface area contributed by atoms with E-state index in [1.807, 2.05) is 49.4 Å². The Morgan fingerprint density at radius 2 is 1.96 bits per heavy atom. The standard InChI is InChI=1S/C18H15N5OS/c1-13-2-6-15(7-3-13)17-21-22-18(25)23(17)20-12-14-4-8-16(9-5-14)24-11-10-19/h2-9,12H,11H2,1H3,(H,22,25)/b20-12-. The molecule has 1 aromatic heterocycles. The number of nitrogens with zero attached hydrogens (tertiary/aromatic N) is 4.